The van der Waals surface area contributed by atoms with Gasteiger partial charge in [0, 0.05) is 10.5 Å². The van der Waals surface area contributed by atoms with E-state index in [9.17, 15) is 8.42 Å². The van der Waals surface area contributed by atoms with Crippen LogP contribution in [0.2, 0.25) is 0 Å². The van der Waals surface area contributed by atoms with Crippen molar-refractivity contribution in [1.29, 1.82) is 0 Å². The summed E-state index contributed by atoms with van der Waals surface area (Å²) in [5.41, 5.74) is 1.72. The fourth-order valence-corrected chi connectivity index (χ4v) is 4.80. The summed E-state index contributed by atoms with van der Waals surface area (Å²) in [5, 5.41) is 0. The summed E-state index contributed by atoms with van der Waals surface area (Å²) >= 11 is 3.44. The van der Waals surface area contributed by atoms with Crippen molar-refractivity contribution in [3.63, 3.8) is 0 Å². The number of sulfonamides is 1. The molecule has 1 aromatic carbocycles. The second kappa shape index (κ2) is 6.58. The fraction of sp³-hybridized carbons (Fsp3) is 0.600. The summed E-state index contributed by atoms with van der Waals surface area (Å²) < 4.78 is 29.0. The van der Waals surface area contributed by atoms with Gasteiger partial charge in [0.2, 0.25) is 10.0 Å². The summed E-state index contributed by atoms with van der Waals surface area (Å²) in [7, 11) is -3.42. The van der Waals surface area contributed by atoms with Crippen LogP contribution < -0.4 is 4.72 Å². The molecule has 5 heteroatoms. The van der Waals surface area contributed by atoms with Crippen LogP contribution in [0.15, 0.2) is 21.5 Å². The third-order valence-electron chi connectivity index (χ3n) is 3.92. The van der Waals surface area contributed by atoms with Crippen LogP contribution in [0.4, 0.5) is 0 Å². The second-order valence-electron chi connectivity index (χ2n) is 5.68. The Bertz CT molecular complexity index is 576. The molecule has 3 nitrogen and oxygen atoms in total. The zero-order chi connectivity index (χ0) is 14.8. The van der Waals surface area contributed by atoms with E-state index in [4.69, 9.17) is 0 Å². The normalized spacial score (nSPS) is 17.9. The SMILES string of the molecule is Cc1cc(S(=O)(=O)NC2CCCCCC2)c(C)cc1Br. The predicted molar refractivity (Wildman–Crippen MR) is 85.4 cm³/mol. The van der Waals surface area contributed by atoms with E-state index in [0.29, 0.717) is 4.90 Å². The molecule has 0 spiro atoms. The van der Waals surface area contributed by atoms with Gasteiger partial charge in [-0.25, -0.2) is 13.1 Å². The minimum atomic E-state index is -3.42. The molecule has 0 aliphatic heterocycles. The van der Waals surface area contributed by atoms with Gasteiger partial charge in [-0.05, 0) is 49.9 Å². The first-order valence-electron chi connectivity index (χ1n) is 7.19. The first-order valence-corrected chi connectivity index (χ1v) is 9.47. The molecule has 0 radical (unpaired) electrons. The van der Waals surface area contributed by atoms with Gasteiger partial charge in [0.05, 0.1) is 4.90 Å². The quantitative estimate of drug-likeness (QED) is 0.826. The molecule has 0 amide bonds. The number of benzene rings is 1. The Morgan fingerprint density at radius 1 is 1.05 bits per heavy atom. The van der Waals surface area contributed by atoms with Gasteiger partial charge in [-0.3, -0.25) is 0 Å². The lowest BCUT2D eigenvalue weighted by molar-refractivity contribution is 0.509. The average Bonchev–Trinajstić information content (AvgIpc) is 2.61. The van der Waals surface area contributed by atoms with Crippen molar-refractivity contribution in [3.8, 4) is 0 Å². The largest absolute Gasteiger partial charge is 0.241 e. The standard InChI is InChI=1S/C15H22BrNO2S/c1-11-10-15(12(2)9-14(11)16)20(18,19)17-13-7-5-3-4-6-8-13/h9-10,13,17H,3-8H2,1-2H3. The van der Waals surface area contributed by atoms with Crippen LogP contribution in [0.1, 0.15) is 49.7 Å². The molecule has 2 rings (SSSR count). The Morgan fingerprint density at radius 3 is 2.25 bits per heavy atom. The van der Waals surface area contributed by atoms with Crippen molar-refractivity contribution in [3.05, 3.63) is 27.7 Å². The van der Waals surface area contributed by atoms with Crippen molar-refractivity contribution < 1.29 is 8.42 Å². The molecule has 1 aliphatic rings. The Balaban J connectivity index is 2.23. The van der Waals surface area contributed by atoms with Gasteiger partial charge in [0.25, 0.3) is 0 Å². The molecule has 1 aliphatic carbocycles. The summed E-state index contributed by atoms with van der Waals surface area (Å²) in [6.07, 6.45) is 6.57. The van der Waals surface area contributed by atoms with Crippen LogP contribution in [-0.2, 0) is 10.0 Å². The van der Waals surface area contributed by atoms with E-state index in [0.717, 1.165) is 41.3 Å². The number of nitrogens with one attached hydrogen (secondary N) is 1. The highest BCUT2D eigenvalue weighted by Crippen LogP contribution is 2.25. The summed E-state index contributed by atoms with van der Waals surface area (Å²) in [6, 6.07) is 3.71. The number of aryl methyl sites for hydroxylation is 2. The minimum Gasteiger partial charge on any atom is -0.208 e. The maximum atomic E-state index is 12.6. The van der Waals surface area contributed by atoms with E-state index >= 15 is 0 Å². The molecular weight excluding hydrogens is 338 g/mol. The smallest absolute Gasteiger partial charge is 0.208 e. The van der Waals surface area contributed by atoms with Crippen molar-refractivity contribution >= 4 is 26.0 Å². The van der Waals surface area contributed by atoms with Gasteiger partial charge in [-0.15, -0.1) is 0 Å². The van der Waals surface area contributed by atoms with Crippen LogP contribution in [0, 0.1) is 13.8 Å². The maximum absolute atomic E-state index is 12.6. The van der Waals surface area contributed by atoms with Gasteiger partial charge in [-0.1, -0.05) is 41.6 Å². The highest BCUT2D eigenvalue weighted by molar-refractivity contribution is 9.10. The molecule has 0 aromatic heterocycles. The molecule has 20 heavy (non-hydrogen) atoms. The van der Waals surface area contributed by atoms with Crippen LogP contribution in [0.25, 0.3) is 0 Å². The van der Waals surface area contributed by atoms with Crippen molar-refractivity contribution in [2.24, 2.45) is 0 Å². The van der Waals surface area contributed by atoms with Crippen LogP contribution in [-0.4, -0.2) is 14.5 Å². The van der Waals surface area contributed by atoms with Crippen molar-refractivity contribution in [2.75, 3.05) is 0 Å². The van der Waals surface area contributed by atoms with Crippen LogP contribution in [0.5, 0.6) is 0 Å². The average molecular weight is 360 g/mol. The number of hydrogen-bond acceptors (Lipinski definition) is 2. The minimum absolute atomic E-state index is 0.0888. The number of halogens is 1. The highest BCUT2D eigenvalue weighted by Gasteiger charge is 2.23. The van der Waals surface area contributed by atoms with E-state index in [2.05, 4.69) is 20.7 Å². The lowest BCUT2D eigenvalue weighted by Crippen LogP contribution is -2.34. The van der Waals surface area contributed by atoms with E-state index in [1.807, 2.05) is 19.9 Å². The molecule has 1 N–H and O–H groups in total. The molecule has 112 valence electrons. The molecule has 0 unspecified atom stereocenters. The van der Waals surface area contributed by atoms with Gasteiger partial charge in [0.15, 0.2) is 0 Å². The van der Waals surface area contributed by atoms with Gasteiger partial charge in [0.1, 0.15) is 0 Å². The van der Waals surface area contributed by atoms with E-state index in [1.54, 1.807) is 6.07 Å². The molecular formula is C15H22BrNO2S. The highest BCUT2D eigenvalue weighted by atomic mass is 79.9. The Morgan fingerprint density at radius 2 is 1.65 bits per heavy atom. The Labute approximate surface area is 130 Å². The lowest BCUT2D eigenvalue weighted by Gasteiger charge is -2.18. The first kappa shape index (κ1) is 16.0. The van der Waals surface area contributed by atoms with Gasteiger partial charge < -0.3 is 0 Å². The summed E-state index contributed by atoms with van der Waals surface area (Å²) in [6.45, 7) is 3.75. The molecule has 0 heterocycles. The number of rotatable bonds is 3. The lowest BCUT2D eigenvalue weighted by atomic mass is 10.1. The monoisotopic (exact) mass is 359 g/mol. The van der Waals surface area contributed by atoms with E-state index in [-0.39, 0.29) is 6.04 Å². The Kier molecular flexibility index (Phi) is 5.26. The molecule has 1 fully saturated rings. The predicted octanol–water partition coefficient (Wildman–Crippen LogP) is 4.07. The second-order valence-corrected chi connectivity index (χ2v) is 8.21. The molecule has 0 bridgehead atoms. The molecule has 0 saturated heterocycles. The van der Waals surface area contributed by atoms with Gasteiger partial charge in [-0.2, -0.15) is 0 Å². The maximum Gasteiger partial charge on any atom is 0.241 e. The topological polar surface area (TPSA) is 46.2 Å². The zero-order valence-electron chi connectivity index (χ0n) is 12.1. The zero-order valence-corrected chi connectivity index (χ0v) is 14.5. The Hall–Kier alpha value is -0.390. The van der Waals surface area contributed by atoms with Crippen LogP contribution in [0.3, 0.4) is 0 Å². The van der Waals surface area contributed by atoms with Crippen molar-refractivity contribution in [1.82, 2.24) is 4.72 Å². The third kappa shape index (κ3) is 3.83. The fourth-order valence-electron chi connectivity index (χ4n) is 2.72. The third-order valence-corrected chi connectivity index (χ3v) is 6.44. The first-order chi connectivity index (χ1) is 9.40. The van der Waals surface area contributed by atoms with E-state index in [1.165, 1.54) is 12.8 Å². The number of hydrogen-bond donors (Lipinski definition) is 1. The van der Waals surface area contributed by atoms with Crippen LogP contribution >= 0.6 is 15.9 Å². The van der Waals surface area contributed by atoms with Gasteiger partial charge >= 0.3 is 0 Å². The summed E-state index contributed by atoms with van der Waals surface area (Å²) in [4.78, 5) is 0.405. The van der Waals surface area contributed by atoms with Crippen molar-refractivity contribution in [2.45, 2.75) is 63.3 Å². The van der Waals surface area contributed by atoms with E-state index < -0.39 is 10.0 Å². The molecule has 0 atom stereocenters. The summed E-state index contributed by atoms with van der Waals surface area (Å²) in [5.74, 6) is 0. The molecule has 1 saturated carbocycles. The molecule has 1 aromatic rings.